The summed E-state index contributed by atoms with van der Waals surface area (Å²) in [4.78, 5) is 17.2. The SMILES string of the molecule is Cc1ccn(CC(=O)N2CCCN(Cc3ccc(F)cc3)C(C(C)C)C2)n1. The number of rotatable bonds is 5. The van der Waals surface area contributed by atoms with Crippen LogP contribution in [0.1, 0.15) is 31.5 Å². The van der Waals surface area contributed by atoms with Gasteiger partial charge in [0.05, 0.1) is 5.69 Å². The summed E-state index contributed by atoms with van der Waals surface area (Å²) in [6.07, 6.45) is 2.79. The van der Waals surface area contributed by atoms with Crippen molar-refractivity contribution in [1.82, 2.24) is 19.6 Å². The molecule has 1 aliphatic heterocycles. The van der Waals surface area contributed by atoms with Crippen LogP contribution in [0.15, 0.2) is 36.5 Å². The van der Waals surface area contributed by atoms with Gasteiger partial charge in [0.25, 0.3) is 0 Å². The van der Waals surface area contributed by atoms with Crippen LogP contribution < -0.4 is 0 Å². The Morgan fingerprint density at radius 2 is 1.96 bits per heavy atom. The molecule has 1 aliphatic rings. The van der Waals surface area contributed by atoms with Crippen LogP contribution in [0.5, 0.6) is 0 Å². The number of hydrogen-bond acceptors (Lipinski definition) is 3. The number of halogens is 1. The molecule has 0 saturated carbocycles. The molecule has 0 radical (unpaired) electrons. The number of amides is 1. The fourth-order valence-corrected chi connectivity index (χ4v) is 3.73. The summed E-state index contributed by atoms with van der Waals surface area (Å²) >= 11 is 0. The molecule has 1 aromatic carbocycles. The monoisotopic (exact) mass is 372 g/mol. The summed E-state index contributed by atoms with van der Waals surface area (Å²) < 4.78 is 14.9. The molecule has 1 unspecified atom stereocenters. The zero-order chi connectivity index (χ0) is 19.4. The highest BCUT2D eigenvalue weighted by molar-refractivity contribution is 5.76. The van der Waals surface area contributed by atoms with E-state index in [4.69, 9.17) is 0 Å². The molecule has 146 valence electrons. The van der Waals surface area contributed by atoms with Gasteiger partial charge in [0, 0.05) is 38.4 Å². The lowest BCUT2D eigenvalue weighted by molar-refractivity contribution is -0.132. The standard InChI is InChI=1S/C21H29FN4O/c1-16(2)20-14-25(21(27)15-26-12-9-17(3)23-26)11-4-10-24(20)13-18-5-7-19(22)8-6-18/h5-9,12,16,20H,4,10-11,13-15H2,1-3H3. The summed E-state index contributed by atoms with van der Waals surface area (Å²) in [5.74, 6) is 0.332. The van der Waals surface area contributed by atoms with Crippen LogP contribution in [0.25, 0.3) is 0 Å². The smallest absolute Gasteiger partial charge is 0.244 e. The zero-order valence-electron chi connectivity index (χ0n) is 16.4. The van der Waals surface area contributed by atoms with Gasteiger partial charge in [-0.25, -0.2) is 4.39 Å². The van der Waals surface area contributed by atoms with Crippen LogP contribution >= 0.6 is 0 Å². The van der Waals surface area contributed by atoms with Gasteiger partial charge in [-0.1, -0.05) is 26.0 Å². The highest BCUT2D eigenvalue weighted by Crippen LogP contribution is 2.20. The second kappa shape index (κ2) is 8.65. The lowest BCUT2D eigenvalue weighted by atomic mass is 10.0. The topological polar surface area (TPSA) is 41.4 Å². The molecule has 1 aromatic heterocycles. The predicted octanol–water partition coefficient (Wildman–Crippen LogP) is 3.09. The van der Waals surface area contributed by atoms with Gasteiger partial charge >= 0.3 is 0 Å². The molecule has 1 saturated heterocycles. The Morgan fingerprint density at radius 1 is 1.22 bits per heavy atom. The van der Waals surface area contributed by atoms with Gasteiger partial charge in [0.2, 0.25) is 5.91 Å². The van der Waals surface area contributed by atoms with Crippen molar-refractivity contribution in [2.45, 2.75) is 46.3 Å². The minimum absolute atomic E-state index is 0.118. The predicted molar refractivity (Wildman–Crippen MR) is 104 cm³/mol. The highest BCUT2D eigenvalue weighted by Gasteiger charge is 2.29. The number of carbonyl (C=O) groups is 1. The second-order valence-electron chi connectivity index (χ2n) is 7.76. The zero-order valence-corrected chi connectivity index (χ0v) is 16.4. The molecule has 0 spiro atoms. The van der Waals surface area contributed by atoms with E-state index in [1.54, 1.807) is 4.68 Å². The Bertz CT molecular complexity index is 756. The van der Waals surface area contributed by atoms with Crippen molar-refractivity contribution in [1.29, 1.82) is 0 Å². The Balaban J connectivity index is 1.68. The molecule has 5 nitrogen and oxygen atoms in total. The van der Waals surface area contributed by atoms with Crippen LogP contribution in [0, 0.1) is 18.7 Å². The maximum Gasteiger partial charge on any atom is 0.244 e. The van der Waals surface area contributed by atoms with Crippen LogP contribution in [-0.2, 0) is 17.9 Å². The van der Waals surface area contributed by atoms with Crippen LogP contribution in [0.4, 0.5) is 4.39 Å². The molecular formula is C21H29FN4O. The summed E-state index contributed by atoms with van der Waals surface area (Å²) in [6.45, 7) is 9.82. The number of hydrogen-bond donors (Lipinski definition) is 0. The van der Waals surface area contributed by atoms with Gasteiger partial charge in [-0.05, 0) is 43.0 Å². The van der Waals surface area contributed by atoms with Crippen molar-refractivity contribution in [3.05, 3.63) is 53.6 Å². The minimum Gasteiger partial charge on any atom is -0.339 e. The summed E-state index contributed by atoms with van der Waals surface area (Å²) in [7, 11) is 0. The third-order valence-corrected chi connectivity index (χ3v) is 5.24. The first-order valence-electron chi connectivity index (χ1n) is 9.68. The van der Waals surface area contributed by atoms with Gasteiger partial charge in [0.15, 0.2) is 0 Å². The molecule has 3 rings (SSSR count). The van der Waals surface area contributed by atoms with Gasteiger partial charge < -0.3 is 4.90 Å². The molecule has 27 heavy (non-hydrogen) atoms. The van der Waals surface area contributed by atoms with Crippen LogP contribution in [0.2, 0.25) is 0 Å². The van der Waals surface area contributed by atoms with Gasteiger partial charge in [-0.2, -0.15) is 5.10 Å². The normalized spacial score (nSPS) is 18.7. The van der Waals surface area contributed by atoms with E-state index in [2.05, 4.69) is 23.8 Å². The number of benzene rings is 1. The second-order valence-corrected chi connectivity index (χ2v) is 7.76. The molecule has 0 N–H and O–H groups in total. The Labute approximate surface area is 160 Å². The van der Waals surface area contributed by atoms with E-state index in [0.717, 1.165) is 43.9 Å². The van der Waals surface area contributed by atoms with E-state index in [-0.39, 0.29) is 24.3 Å². The van der Waals surface area contributed by atoms with E-state index in [1.807, 2.05) is 36.2 Å². The van der Waals surface area contributed by atoms with Crippen LogP contribution in [-0.4, -0.2) is 51.2 Å². The third kappa shape index (κ3) is 5.16. The summed E-state index contributed by atoms with van der Waals surface area (Å²) in [5, 5.41) is 4.33. The van der Waals surface area contributed by atoms with E-state index in [9.17, 15) is 9.18 Å². The molecular weight excluding hydrogens is 343 g/mol. The number of aryl methyl sites for hydroxylation is 1. The molecule has 2 aromatic rings. The van der Waals surface area contributed by atoms with Crippen molar-refractivity contribution in [3.63, 3.8) is 0 Å². The fraction of sp³-hybridized carbons (Fsp3) is 0.524. The Morgan fingerprint density at radius 3 is 2.59 bits per heavy atom. The van der Waals surface area contributed by atoms with E-state index in [1.165, 1.54) is 12.1 Å². The van der Waals surface area contributed by atoms with Gasteiger partial charge in [-0.15, -0.1) is 0 Å². The molecule has 6 heteroatoms. The average Bonchev–Trinajstić information content (AvgIpc) is 2.90. The van der Waals surface area contributed by atoms with E-state index in [0.29, 0.717) is 5.92 Å². The van der Waals surface area contributed by atoms with Crippen molar-refractivity contribution < 1.29 is 9.18 Å². The summed E-state index contributed by atoms with van der Waals surface area (Å²) in [5.41, 5.74) is 2.03. The maximum absolute atomic E-state index is 13.2. The molecule has 1 amide bonds. The van der Waals surface area contributed by atoms with Gasteiger partial charge in [0.1, 0.15) is 12.4 Å². The Kier molecular flexibility index (Phi) is 6.26. The summed E-state index contributed by atoms with van der Waals surface area (Å²) in [6, 6.07) is 8.91. The minimum atomic E-state index is -0.208. The van der Waals surface area contributed by atoms with Crippen molar-refractivity contribution in [2.75, 3.05) is 19.6 Å². The number of aromatic nitrogens is 2. The lowest BCUT2D eigenvalue weighted by Gasteiger charge is -2.34. The van der Waals surface area contributed by atoms with E-state index >= 15 is 0 Å². The quantitative estimate of drug-likeness (QED) is 0.810. The first-order valence-corrected chi connectivity index (χ1v) is 9.68. The van der Waals surface area contributed by atoms with Gasteiger partial charge in [-0.3, -0.25) is 14.4 Å². The molecule has 0 aliphatic carbocycles. The lowest BCUT2D eigenvalue weighted by Crippen LogP contribution is -2.46. The number of nitrogens with zero attached hydrogens (tertiary/aromatic N) is 4. The molecule has 2 heterocycles. The number of carbonyl (C=O) groups excluding carboxylic acids is 1. The van der Waals surface area contributed by atoms with E-state index < -0.39 is 0 Å². The highest BCUT2D eigenvalue weighted by atomic mass is 19.1. The molecule has 1 atom stereocenters. The average molecular weight is 372 g/mol. The van der Waals surface area contributed by atoms with Crippen molar-refractivity contribution in [3.8, 4) is 0 Å². The van der Waals surface area contributed by atoms with Crippen molar-refractivity contribution in [2.24, 2.45) is 5.92 Å². The largest absolute Gasteiger partial charge is 0.339 e. The fourth-order valence-electron chi connectivity index (χ4n) is 3.73. The van der Waals surface area contributed by atoms with Crippen LogP contribution in [0.3, 0.4) is 0 Å². The first-order chi connectivity index (χ1) is 12.9. The van der Waals surface area contributed by atoms with Crippen molar-refractivity contribution >= 4 is 5.91 Å². The molecule has 0 bridgehead atoms. The Hall–Kier alpha value is -2.21. The third-order valence-electron chi connectivity index (χ3n) is 5.24. The first kappa shape index (κ1) is 19.5. The maximum atomic E-state index is 13.2. The molecule has 1 fully saturated rings.